The molecule has 7 heteroatoms. The summed E-state index contributed by atoms with van der Waals surface area (Å²) in [6.45, 7) is 3.41. The maximum absolute atomic E-state index is 12.1. The SMILES string of the molecule is COc1ccc(OC(=O)C(C)Oc2cccc(C)c2)c([N+](=O)[O-])c1. The summed E-state index contributed by atoms with van der Waals surface area (Å²) in [5, 5.41) is 11.1. The van der Waals surface area contributed by atoms with Gasteiger partial charge < -0.3 is 14.2 Å². The summed E-state index contributed by atoms with van der Waals surface area (Å²) in [5.41, 5.74) is 0.629. The third-order valence-corrected chi connectivity index (χ3v) is 3.21. The Morgan fingerprint density at radius 2 is 1.92 bits per heavy atom. The number of carbonyl (C=O) groups is 1. The minimum Gasteiger partial charge on any atom is -0.496 e. The van der Waals surface area contributed by atoms with Crippen LogP contribution in [-0.2, 0) is 4.79 Å². The molecule has 2 aromatic carbocycles. The molecule has 126 valence electrons. The predicted molar refractivity (Wildman–Crippen MR) is 86.6 cm³/mol. The summed E-state index contributed by atoms with van der Waals surface area (Å²) in [5.74, 6) is -0.0792. The highest BCUT2D eigenvalue weighted by Crippen LogP contribution is 2.31. The van der Waals surface area contributed by atoms with Crippen LogP contribution < -0.4 is 14.2 Å². The van der Waals surface area contributed by atoms with E-state index in [-0.39, 0.29) is 11.4 Å². The number of carbonyl (C=O) groups excluding carboxylic acids is 1. The van der Waals surface area contributed by atoms with Gasteiger partial charge in [0.05, 0.1) is 18.1 Å². The highest BCUT2D eigenvalue weighted by molar-refractivity contribution is 5.78. The molecule has 24 heavy (non-hydrogen) atoms. The summed E-state index contributed by atoms with van der Waals surface area (Å²) in [4.78, 5) is 22.6. The molecule has 2 rings (SSSR count). The van der Waals surface area contributed by atoms with Gasteiger partial charge in [-0.2, -0.15) is 0 Å². The van der Waals surface area contributed by atoms with E-state index in [0.29, 0.717) is 11.5 Å². The zero-order chi connectivity index (χ0) is 17.7. The summed E-state index contributed by atoms with van der Waals surface area (Å²) < 4.78 is 15.5. The predicted octanol–water partition coefficient (Wildman–Crippen LogP) is 3.28. The number of nitro benzene ring substituents is 1. The van der Waals surface area contributed by atoms with Crippen LogP contribution in [0.2, 0.25) is 0 Å². The average molecular weight is 331 g/mol. The first-order chi connectivity index (χ1) is 11.4. The number of methoxy groups -OCH3 is 1. The fraction of sp³-hybridized carbons (Fsp3) is 0.235. The van der Waals surface area contributed by atoms with E-state index in [1.165, 1.54) is 32.2 Å². The first-order valence-corrected chi connectivity index (χ1v) is 7.18. The average Bonchev–Trinajstić information content (AvgIpc) is 2.54. The van der Waals surface area contributed by atoms with Crippen LogP contribution in [0.4, 0.5) is 5.69 Å². The van der Waals surface area contributed by atoms with E-state index in [0.717, 1.165) is 5.56 Å². The number of aryl methyl sites for hydroxylation is 1. The molecule has 0 aromatic heterocycles. The molecule has 0 aliphatic heterocycles. The lowest BCUT2D eigenvalue weighted by molar-refractivity contribution is -0.385. The first-order valence-electron chi connectivity index (χ1n) is 7.18. The van der Waals surface area contributed by atoms with Crippen molar-refractivity contribution in [1.29, 1.82) is 0 Å². The minimum atomic E-state index is -0.923. The molecular weight excluding hydrogens is 314 g/mol. The Bertz CT molecular complexity index is 758. The molecule has 1 atom stereocenters. The molecular formula is C17H17NO6. The molecule has 0 spiro atoms. The number of rotatable bonds is 6. The van der Waals surface area contributed by atoms with Gasteiger partial charge >= 0.3 is 11.7 Å². The maximum Gasteiger partial charge on any atom is 0.352 e. The third-order valence-electron chi connectivity index (χ3n) is 3.21. The van der Waals surface area contributed by atoms with Crippen molar-refractivity contribution in [2.45, 2.75) is 20.0 Å². The second kappa shape index (κ2) is 7.45. The van der Waals surface area contributed by atoms with E-state index < -0.39 is 17.0 Å². The fourth-order valence-electron chi connectivity index (χ4n) is 1.99. The Morgan fingerprint density at radius 3 is 2.54 bits per heavy atom. The topological polar surface area (TPSA) is 87.9 Å². The van der Waals surface area contributed by atoms with Crippen LogP contribution in [0.3, 0.4) is 0 Å². The number of esters is 1. The van der Waals surface area contributed by atoms with Crippen LogP contribution >= 0.6 is 0 Å². The molecule has 7 nitrogen and oxygen atoms in total. The number of hydrogen-bond acceptors (Lipinski definition) is 6. The second-order valence-corrected chi connectivity index (χ2v) is 5.09. The van der Waals surface area contributed by atoms with Crippen LogP contribution in [0, 0.1) is 17.0 Å². The molecule has 0 heterocycles. The monoisotopic (exact) mass is 331 g/mol. The summed E-state index contributed by atoms with van der Waals surface area (Å²) in [6, 6.07) is 11.2. The van der Waals surface area contributed by atoms with E-state index in [1.807, 2.05) is 13.0 Å². The number of benzene rings is 2. The summed E-state index contributed by atoms with van der Waals surface area (Å²) in [6.07, 6.45) is -0.923. The summed E-state index contributed by atoms with van der Waals surface area (Å²) >= 11 is 0. The number of ether oxygens (including phenoxy) is 3. The molecule has 2 aromatic rings. The summed E-state index contributed by atoms with van der Waals surface area (Å²) in [7, 11) is 1.39. The van der Waals surface area contributed by atoms with E-state index in [4.69, 9.17) is 14.2 Å². The van der Waals surface area contributed by atoms with Crippen molar-refractivity contribution in [1.82, 2.24) is 0 Å². The van der Waals surface area contributed by atoms with Gasteiger partial charge in [-0.3, -0.25) is 10.1 Å². The normalized spacial score (nSPS) is 11.5. The molecule has 0 N–H and O–H groups in total. The Labute approximate surface area is 138 Å². The second-order valence-electron chi connectivity index (χ2n) is 5.09. The Morgan fingerprint density at radius 1 is 1.17 bits per heavy atom. The molecule has 0 fully saturated rings. The molecule has 0 saturated carbocycles. The lowest BCUT2D eigenvalue weighted by Crippen LogP contribution is -2.28. The molecule has 1 unspecified atom stereocenters. The van der Waals surface area contributed by atoms with Gasteiger partial charge in [0.1, 0.15) is 11.5 Å². The molecule has 0 saturated heterocycles. The van der Waals surface area contributed by atoms with Crippen molar-refractivity contribution in [2.75, 3.05) is 7.11 Å². The number of nitro groups is 1. The van der Waals surface area contributed by atoms with Gasteiger partial charge in [0, 0.05) is 0 Å². The minimum absolute atomic E-state index is 0.162. The smallest absolute Gasteiger partial charge is 0.352 e. The van der Waals surface area contributed by atoms with E-state index >= 15 is 0 Å². The standard InChI is InChI=1S/C17H17NO6/c1-11-5-4-6-14(9-11)23-12(2)17(19)24-16-8-7-13(22-3)10-15(16)18(20)21/h4-10,12H,1-3H3. The van der Waals surface area contributed by atoms with Gasteiger partial charge in [-0.15, -0.1) is 0 Å². The van der Waals surface area contributed by atoms with Crippen molar-refractivity contribution in [3.63, 3.8) is 0 Å². The Balaban J connectivity index is 2.12. The number of nitrogens with zero attached hydrogens (tertiary/aromatic N) is 1. The molecule has 0 amide bonds. The van der Waals surface area contributed by atoms with Crippen LogP contribution in [0.1, 0.15) is 12.5 Å². The largest absolute Gasteiger partial charge is 0.496 e. The zero-order valence-electron chi connectivity index (χ0n) is 13.5. The van der Waals surface area contributed by atoms with Crippen molar-refractivity contribution < 1.29 is 23.9 Å². The highest BCUT2D eigenvalue weighted by Gasteiger charge is 2.23. The van der Waals surface area contributed by atoms with Gasteiger partial charge in [-0.1, -0.05) is 12.1 Å². The van der Waals surface area contributed by atoms with E-state index in [2.05, 4.69) is 0 Å². The van der Waals surface area contributed by atoms with E-state index in [9.17, 15) is 14.9 Å². The first kappa shape index (κ1) is 17.3. The van der Waals surface area contributed by atoms with Gasteiger partial charge in [0.2, 0.25) is 5.75 Å². The van der Waals surface area contributed by atoms with Gasteiger partial charge in [-0.25, -0.2) is 4.79 Å². The van der Waals surface area contributed by atoms with Crippen molar-refractivity contribution in [3.8, 4) is 17.2 Å². The van der Waals surface area contributed by atoms with Gasteiger partial charge in [-0.05, 0) is 43.7 Å². The van der Waals surface area contributed by atoms with Crippen molar-refractivity contribution >= 4 is 11.7 Å². The molecule has 0 aliphatic rings. The highest BCUT2D eigenvalue weighted by atomic mass is 16.6. The molecule has 0 radical (unpaired) electrons. The Kier molecular flexibility index (Phi) is 5.36. The van der Waals surface area contributed by atoms with E-state index in [1.54, 1.807) is 18.2 Å². The van der Waals surface area contributed by atoms with Crippen LogP contribution in [-0.4, -0.2) is 24.1 Å². The zero-order valence-corrected chi connectivity index (χ0v) is 13.5. The quantitative estimate of drug-likeness (QED) is 0.349. The fourth-order valence-corrected chi connectivity index (χ4v) is 1.99. The maximum atomic E-state index is 12.1. The van der Waals surface area contributed by atoms with Crippen molar-refractivity contribution in [3.05, 3.63) is 58.1 Å². The Hall–Kier alpha value is -3.09. The van der Waals surface area contributed by atoms with Crippen LogP contribution in [0.15, 0.2) is 42.5 Å². The van der Waals surface area contributed by atoms with Crippen LogP contribution in [0.5, 0.6) is 17.2 Å². The number of hydrogen-bond donors (Lipinski definition) is 0. The molecule has 0 bridgehead atoms. The lowest BCUT2D eigenvalue weighted by Gasteiger charge is -2.14. The van der Waals surface area contributed by atoms with Crippen molar-refractivity contribution in [2.24, 2.45) is 0 Å². The van der Waals surface area contributed by atoms with Gasteiger partial charge in [0.25, 0.3) is 0 Å². The third kappa shape index (κ3) is 4.22. The lowest BCUT2D eigenvalue weighted by atomic mass is 10.2. The molecule has 0 aliphatic carbocycles. The van der Waals surface area contributed by atoms with Gasteiger partial charge in [0.15, 0.2) is 6.10 Å². The van der Waals surface area contributed by atoms with Crippen LogP contribution in [0.25, 0.3) is 0 Å².